The van der Waals surface area contributed by atoms with E-state index in [2.05, 4.69) is 31.9 Å². The standard InChI is InChI=1S/C17H16BrN3O4/c18-11-1-3-12(4-2-11)19-10-16(22)21-17(23)20-13-5-6-14-15(9-13)25-8-7-24-14/h1-6,9,19H,7-8,10H2,(H2,20,21,22,23). The highest BCUT2D eigenvalue weighted by molar-refractivity contribution is 9.10. The Kier molecular flexibility index (Phi) is 5.39. The minimum absolute atomic E-state index is 0.0177. The molecule has 8 heteroatoms. The normalized spacial score (nSPS) is 12.2. The number of carbonyl (C=O) groups is 2. The van der Waals surface area contributed by atoms with E-state index in [9.17, 15) is 9.59 Å². The van der Waals surface area contributed by atoms with E-state index in [4.69, 9.17) is 9.47 Å². The zero-order valence-electron chi connectivity index (χ0n) is 13.2. The van der Waals surface area contributed by atoms with Gasteiger partial charge < -0.3 is 20.1 Å². The number of amides is 3. The summed E-state index contributed by atoms with van der Waals surface area (Å²) in [5, 5.41) is 7.78. The Morgan fingerprint density at radius 1 is 0.960 bits per heavy atom. The number of fused-ring (bicyclic) bond motifs is 1. The molecule has 2 aromatic rings. The number of rotatable bonds is 4. The molecule has 0 spiro atoms. The first-order chi connectivity index (χ1) is 12.1. The lowest BCUT2D eigenvalue weighted by atomic mass is 10.2. The number of hydrogen-bond donors (Lipinski definition) is 3. The van der Waals surface area contributed by atoms with Crippen molar-refractivity contribution < 1.29 is 19.1 Å². The van der Waals surface area contributed by atoms with Crippen LogP contribution in [0.2, 0.25) is 0 Å². The van der Waals surface area contributed by atoms with Gasteiger partial charge in [0, 0.05) is 21.9 Å². The summed E-state index contributed by atoms with van der Waals surface area (Å²) in [5.41, 5.74) is 1.29. The van der Waals surface area contributed by atoms with Crippen LogP contribution in [0.5, 0.6) is 11.5 Å². The summed E-state index contributed by atoms with van der Waals surface area (Å²) in [7, 11) is 0. The summed E-state index contributed by atoms with van der Waals surface area (Å²) in [6, 6.07) is 11.8. The highest BCUT2D eigenvalue weighted by Gasteiger charge is 2.13. The van der Waals surface area contributed by atoms with Gasteiger partial charge in [-0.15, -0.1) is 0 Å². The molecule has 130 valence electrons. The molecule has 0 fully saturated rings. The predicted molar refractivity (Wildman–Crippen MR) is 97.2 cm³/mol. The Labute approximate surface area is 152 Å². The van der Waals surface area contributed by atoms with Crippen LogP contribution in [-0.4, -0.2) is 31.7 Å². The molecule has 2 aromatic carbocycles. The quantitative estimate of drug-likeness (QED) is 0.727. The van der Waals surface area contributed by atoms with Crippen molar-refractivity contribution in [3.63, 3.8) is 0 Å². The van der Waals surface area contributed by atoms with Gasteiger partial charge in [-0.1, -0.05) is 15.9 Å². The number of anilines is 2. The minimum Gasteiger partial charge on any atom is -0.486 e. The Bertz CT molecular complexity index is 780. The largest absolute Gasteiger partial charge is 0.486 e. The summed E-state index contributed by atoms with van der Waals surface area (Å²) < 4.78 is 11.8. The number of ether oxygens (including phenoxy) is 2. The van der Waals surface area contributed by atoms with Crippen molar-refractivity contribution in [2.75, 3.05) is 30.4 Å². The van der Waals surface area contributed by atoms with Gasteiger partial charge in [0.05, 0.1) is 6.54 Å². The van der Waals surface area contributed by atoms with Crippen LogP contribution in [0.25, 0.3) is 0 Å². The molecule has 0 aromatic heterocycles. The molecular formula is C17H16BrN3O4. The molecule has 7 nitrogen and oxygen atoms in total. The van der Waals surface area contributed by atoms with Crippen molar-refractivity contribution in [1.82, 2.24) is 5.32 Å². The lowest BCUT2D eigenvalue weighted by molar-refractivity contribution is -0.118. The van der Waals surface area contributed by atoms with Crippen molar-refractivity contribution in [2.45, 2.75) is 0 Å². The average molecular weight is 406 g/mol. The second-order valence-corrected chi connectivity index (χ2v) is 6.14. The van der Waals surface area contributed by atoms with Crippen LogP contribution in [0, 0.1) is 0 Å². The van der Waals surface area contributed by atoms with Crippen LogP contribution in [0.4, 0.5) is 16.2 Å². The summed E-state index contributed by atoms with van der Waals surface area (Å²) in [6.07, 6.45) is 0. The van der Waals surface area contributed by atoms with E-state index in [1.807, 2.05) is 24.3 Å². The maximum atomic E-state index is 11.9. The van der Waals surface area contributed by atoms with Gasteiger partial charge in [-0.05, 0) is 36.4 Å². The van der Waals surface area contributed by atoms with Crippen molar-refractivity contribution in [3.8, 4) is 11.5 Å². The summed E-state index contributed by atoms with van der Waals surface area (Å²) in [6.45, 7) is 0.944. The smallest absolute Gasteiger partial charge is 0.325 e. The Hall–Kier alpha value is -2.74. The third kappa shape index (κ3) is 4.87. The third-order valence-electron chi connectivity index (χ3n) is 3.35. The molecule has 1 heterocycles. The van der Waals surface area contributed by atoms with E-state index < -0.39 is 11.9 Å². The zero-order valence-corrected chi connectivity index (χ0v) is 14.8. The molecule has 0 bridgehead atoms. The lowest BCUT2D eigenvalue weighted by Crippen LogP contribution is -2.38. The van der Waals surface area contributed by atoms with Gasteiger partial charge in [0.2, 0.25) is 5.91 Å². The molecule has 0 radical (unpaired) electrons. The number of hydrogen-bond acceptors (Lipinski definition) is 5. The molecule has 3 N–H and O–H groups in total. The molecule has 0 saturated carbocycles. The number of nitrogens with one attached hydrogen (secondary N) is 3. The van der Waals surface area contributed by atoms with Gasteiger partial charge in [0.1, 0.15) is 13.2 Å². The second-order valence-electron chi connectivity index (χ2n) is 5.22. The summed E-state index contributed by atoms with van der Waals surface area (Å²) in [4.78, 5) is 23.7. The fourth-order valence-electron chi connectivity index (χ4n) is 2.20. The van der Waals surface area contributed by atoms with Crippen LogP contribution in [-0.2, 0) is 4.79 Å². The number of halogens is 1. The molecule has 0 saturated heterocycles. The monoisotopic (exact) mass is 405 g/mol. The van der Waals surface area contributed by atoms with E-state index in [1.54, 1.807) is 18.2 Å². The van der Waals surface area contributed by atoms with Crippen LogP contribution in [0.3, 0.4) is 0 Å². The summed E-state index contributed by atoms with van der Waals surface area (Å²) in [5.74, 6) is 0.747. The molecule has 3 amide bonds. The molecular weight excluding hydrogens is 390 g/mol. The highest BCUT2D eigenvalue weighted by Crippen LogP contribution is 2.32. The van der Waals surface area contributed by atoms with Crippen LogP contribution < -0.4 is 25.4 Å². The molecule has 0 aliphatic carbocycles. The van der Waals surface area contributed by atoms with Gasteiger partial charge in [-0.2, -0.15) is 0 Å². The van der Waals surface area contributed by atoms with E-state index >= 15 is 0 Å². The van der Waals surface area contributed by atoms with Gasteiger partial charge in [0.15, 0.2) is 11.5 Å². The van der Waals surface area contributed by atoms with Gasteiger partial charge >= 0.3 is 6.03 Å². The number of imide groups is 1. The van der Waals surface area contributed by atoms with Crippen LogP contribution in [0.1, 0.15) is 0 Å². The lowest BCUT2D eigenvalue weighted by Gasteiger charge is -2.19. The molecule has 1 aliphatic rings. The number of urea groups is 1. The van der Waals surface area contributed by atoms with Gasteiger partial charge in [0.25, 0.3) is 0 Å². The first-order valence-electron chi connectivity index (χ1n) is 7.60. The van der Waals surface area contributed by atoms with Crippen molar-refractivity contribution in [1.29, 1.82) is 0 Å². The van der Waals surface area contributed by atoms with E-state index in [-0.39, 0.29) is 6.54 Å². The van der Waals surface area contributed by atoms with Crippen LogP contribution >= 0.6 is 15.9 Å². The first kappa shape index (κ1) is 17.1. The maximum Gasteiger partial charge on any atom is 0.325 e. The third-order valence-corrected chi connectivity index (χ3v) is 3.88. The molecule has 3 rings (SSSR count). The molecule has 25 heavy (non-hydrogen) atoms. The topological polar surface area (TPSA) is 88.7 Å². The van der Waals surface area contributed by atoms with Gasteiger partial charge in [-0.3, -0.25) is 10.1 Å². The first-order valence-corrected chi connectivity index (χ1v) is 8.39. The minimum atomic E-state index is -0.612. The van der Waals surface area contributed by atoms with E-state index in [0.717, 1.165) is 10.2 Å². The predicted octanol–water partition coefficient (Wildman–Crippen LogP) is 2.98. The fourth-order valence-corrected chi connectivity index (χ4v) is 2.47. The van der Waals surface area contributed by atoms with E-state index in [0.29, 0.717) is 30.4 Å². The summed E-state index contributed by atoms with van der Waals surface area (Å²) >= 11 is 3.34. The Balaban J connectivity index is 1.48. The van der Waals surface area contributed by atoms with Crippen molar-refractivity contribution >= 4 is 39.2 Å². The number of carbonyl (C=O) groups excluding carboxylic acids is 2. The zero-order chi connectivity index (χ0) is 17.6. The average Bonchev–Trinajstić information content (AvgIpc) is 2.61. The van der Waals surface area contributed by atoms with Crippen molar-refractivity contribution in [3.05, 3.63) is 46.9 Å². The molecule has 0 atom stereocenters. The highest BCUT2D eigenvalue weighted by atomic mass is 79.9. The van der Waals surface area contributed by atoms with Crippen molar-refractivity contribution in [2.24, 2.45) is 0 Å². The SMILES string of the molecule is O=C(CNc1ccc(Br)cc1)NC(=O)Nc1ccc2c(c1)OCCO2. The number of benzene rings is 2. The second kappa shape index (κ2) is 7.89. The maximum absolute atomic E-state index is 11.9. The fraction of sp³-hybridized carbons (Fsp3) is 0.176. The van der Waals surface area contributed by atoms with Crippen LogP contribution in [0.15, 0.2) is 46.9 Å². The Morgan fingerprint density at radius 2 is 1.64 bits per heavy atom. The van der Waals surface area contributed by atoms with Gasteiger partial charge in [-0.25, -0.2) is 4.79 Å². The molecule has 0 unspecified atom stereocenters. The molecule has 1 aliphatic heterocycles. The Morgan fingerprint density at radius 3 is 2.40 bits per heavy atom. The van der Waals surface area contributed by atoms with E-state index in [1.165, 1.54) is 0 Å².